The quantitative estimate of drug-likeness (QED) is 0.725. The summed E-state index contributed by atoms with van der Waals surface area (Å²) in [5.74, 6) is 5.50. The highest BCUT2D eigenvalue weighted by molar-refractivity contribution is 5.24. The Morgan fingerprint density at radius 2 is 1.95 bits per heavy atom. The van der Waals surface area contributed by atoms with Crippen molar-refractivity contribution in [2.45, 2.75) is 70.8 Å². The SMILES string of the molecule is CCCNC(C1=CCCCCC1)C1C2C3CCC(C3)C21. The van der Waals surface area contributed by atoms with Crippen molar-refractivity contribution >= 4 is 0 Å². The Morgan fingerprint density at radius 1 is 1.15 bits per heavy atom. The van der Waals surface area contributed by atoms with Gasteiger partial charge in [0.15, 0.2) is 0 Å². The maximum absolute atomic E-state index is 3.96. The smallest absolute Gasteiger partial charge is 0.0313 e. The lowest BCUT2D eigenvalue weighted by Crippen LogP contribution is -2.35. The Bertz CT molecular complexity index is 369. The van der Waals surface area contributed by atoms with E-state index in [9.17, 15) is 0 Å². The highest BCUT2D eigenvalue weighted by atomic mass is 15.0. The molecule has 4 aliphatic carbocycles. The molecule has 0 aromatic heterocycles. The van der Waals surface area contributed by atoms with Crippen molar-refractivity contribution in [2.24, 2.45) is 29.6 Å². The Hall–Kier alpha value is -0.300. The highest BCUT2D eigenvalue weighted by Gasteiger charge is 2.66. The third kappa shape index (κ3) is 2.17. The van der Waals surface area contributed by atoms with Gasteiger partial charge >= 0.3 is 0 Å². The molecule has 0 spiro atoms. The average molecular weight is 273 g/mol. The summed E-state index contributed by atoms with van der Waals surface area (Å²) in [5.41, 5.74) is 1.80. The van der Waals surface area contributed by atoms with Crippen LogP contribution in [0.2, 0.25) is 0 Å². The Labute approximate surface area is 124 Å². The Kier molecular flexibility index (Phi) is 3.66. The van der Waals surface area contributed by atoms with E-state index in [-0.39, 0.29) is 0 Å². The molecule has 0 amide bonds. The van der Waals surface area contributed by atoms with Gasteiger partial charge in [-0.05, 0) is 87.5 Å². The number of hydrogen-bond acceptors (Lipinski definition) is 1. The topological polar surface area (TPSA) is 12.0 Å². The minimum atomic E-state index is 0.756. The first-order valence-corrected chi connectivity index (χ1v) is 9.32. The molecule has 3 saturated carbocycles. The van der Waals surface area contributed by atoms with Crippen LogP contribution in [0.3, 0.4) is 0 Å². The molecule has 4 rings (SSSR count). The second kappa shape index (κ2) is 5.48. The van der Waals surface area contributed by atoms with Crippen molar-refractivity contribution in [3.8, 4) is 0 Å². The summed E-state index contributed by atoms with van der Waals surface area (Å²) < 4.78 is 0. The maximum atomic E-state index is 3.96. The van der Waals surface area contributed by atoms with Gasteiger partial charge < -0.3 is 5.32 Å². The van der Waals surface area contributed by atoms with Gasteiger partial charge in [0, 0.05) is 6.04 Å². The van der Waals surface area contributed by atoms with Crippen LogP contribution in [0.1, 0.15) is 64.7 Å². The van der Waals surface area contributed by atoms with Crippen molar-refractivity contribution in [3.05, 3.63) is 11.6 Å². The first kappa shape index (κ1) is 13.4. The summed E-state index contributed by atoms with van der Waals surface area (Å²) in [6.07, 6.45) is 15.6. The second-order valence-corrected chi connectivity index (χ2v) is 7.88. The monoisotopic (exact) mass is 273 g/mol. The lowest BCUT2D eigenvalue weighted by Gasteiger charge is -2.25. The van der Waals surface area contributed by atoms with Gasteiger partial charge in [-0.15, -0.1) is 0 Å². The van der Waals surface area contributed by atoms with E-state index in [1.807, 2.05) is 0 Å². The number of rotatable bonds is 5. The number of fused-ring (bicyclic) bond motifs is 5. The van der Waals surface area contributed by atoms with Crippen LogP contribution in [0, 0.1) is 29.6 Å². The predicted molar refractivity (Wildman–Crippen MR) is 84.6 cm³/mol. The molecule has 5 unspecified atom stereocenters. The summed E-state index contributed by atoms with van der Waals surface area (Å²) in [6.45, 7) is 3.52. The van der Waals surface area contributed by atoms with E-state index in [2.05, 4.69) is 18.3 Å². The molecule has 0 saturated heterocycles. The molecule has 1 N–H and O–H groups in total. The summed E-state index contributed by atoms with van der Waals surface area (Å²) in [7, 11) is 0. The fourth-order valence-corrected chi connectivity index (χ4v) is 5.97. The fourth-order valence-electron chi connectivity index (χ4n) is 5.97. The van der Waals surface area contributed by atoms with Crippen molar-refractivity contribution in [1.82, 2.24) is 5.32 Å². The number of hydrogen-bond donors (Lipinski definition) is 1. The fraction of sp³-hybridized carbons (Fsp3) is 0.895. The Morgan fingerprint density at radius 3 is 2.70 bits per heavy atom. The summed E-state index contributed by atoms with van der Waals surface area (Å²) in [4.78, 5) is 0. The van der Waals surface area contributed by atoms with Gasteiger partial charge in [-0.1, -0.05) is 25.0 Å². The van der Waals surface area contributed by atoms with E-state index >= 15 is 0 Å². The van der Waals surface area contributed by atoms with E-state index in [0.29, 0.717) is 0 Å². The van der Waals surface area contributed by atoms with Gasteiger partial charge in [0.05, 0.1) is 0 Å². The second-order valence-electron chi connectivity index (χ2n) is 7.88. The summed E-state index contributed by atoms with van der Waals surface area (Å²) >= 11 is 0. The molecule has 0 aromatic rings. The molecule has 1 nitrogen and oxygen atoms in total. The molecule has 20 heavy (non-hydrogen) atoms. The minimum Gasteiger partial charge on any atom is -0.310 e. The summed E-state index contributed by atoms with van der Waals surface area (Å²) in [6, 6.07) is 0.756. The van der Waals surface area contributed by atoms with E-state index in [1.54, 1.807) is 24.8 Å². The zero-order chi connectivity index (χ0) is 13.5. The first-order chi connectivity index (χ1) is 9.90. The van der Waals surface area contributed by atoms with Crippen LogP contribution < -0.4 is 5.32 Å². The molecular weight excluding hydrogens is 242 g/mol. The van der Waals surface area contributed by atoms with E-state index in [0.717, 1.165) is 35.6 Å². The third-order valence-corrected chi connectivity index (χ3v) is 6.77. The minimum absolute atomic E-state index is 0.756. The zero-order valence-corrected chi connectivity index (χ0v) is 13.1. The molecule has 5 atom stereocenters. The van der Waals surface area contributed by atoms with Crippen LogP contribution in [0.4, 0.5) is 0 Å². The first-order valence-electron chi connectivity index (χ1n) is 9.32. The molecule has 112 valence electrons. The van der Waals surface area contributed by atoms with Crippen molar-refractivity contribution in [3.63, 3.8) is 0 Å². The van der Waals surface area contributed by atoms with Gasteiger partial charge in [0.1, 0.15) is 0 Å². The summed E-state index contributed by atoms with van der Waals surface area (Å²) in [5, 5.41) is 3.96. The third-order valence-electron chi connectivity index (χ3n) is 6.77. The van der Waals surface area contributed by atoms with Crippen molar-refractivity contribution < 1.29 is 0 Å². The molecule has 2 bridgehead atoms. The molecule has 0 radical (unpaired) electrons. The highest BCUT2D eigenvalue weighted by Crippen LogP contribution is 2.70. The predicted octanol–water partition coefficient (Wildman–Crippen LogP) is 4.54. The van der Waals surface area contributed by atoms with Crippen LogP contribution in [0.15, 0.2) is 11.6 Å². The lowest BCUT2D eigenvalue weighted by atomic mass is 9.90. The van der Waals surface area contributed by atoms with Crippen molar-refractivity contribution in [2.75, 3.05) is 6.54 Å². The van der Waals surface area contributed by atoms with Gasteiger partial charge in [-0.3, -0.25) is 0 Å². The van der Waals surface area contributed by atoms with Gasteiger partial charge in [0.2, 0.25) is 0 Å². The molecule has 0 heterocycles. The lowest BCUT2D eigenvalue weighted by molar-refractivity contribution is 0.386. The van der Waals surface area contributed by atoms with E-state index in [1.165, 1.54) is 45.1 Å². The van der Waals surface area contributed by atoms with Crippen LogP contribution in [0.5, 0.6) is 0 Å². The Balaban J connectivity index is 1.49. The van der Waals surface area contributed by atoms with E-state index in [4.69, 9.17) is 0 Å². The zero-order valence-electron chi connectivity index (χ0n) is 13.1. The van der Waals surface area contributed by atoms with Crippen LogP contribution in [-0.2, 0) is 0 Å². The number of nitrogens with one attached hydrogen (secondary N) is 1. The molecule has 3 fully saturated rings. The van der Waals surface area contributed by atoms with Crippen LogP contribution >= 0.6 is 0 Å². The van der Waals surface area contributed by atoms with Gasteiger partial charge in [-0.25, -0.2) is 0 Å². The molecule has 4 aliphatic rings. The standard InChI is InChI=1S/C19H31N/c1-2-11-20-19(13-7-5-3-4-6-8-13)18-16-14-9-10-15(12-14)17(16)18/h7,14-20H,2-6,8-12H2,1H3. The van der Waals surface area contributed by atoms with Crippen LogP contribution in [-0.4, -0.2) is 12.6 Å². The number of allylic oxidation sites excluding steroid dienone is 1. The van der Waals surface area contributed by atoms with Gasteiger partial charge in [0.25, 0.3) is 0 Å². The van der Waals surface area contributed by atoms with E-state index < -0.39 is 0 Å². The molecule has 0 aliphatic heterocycles. The van der Waals surface area contributed by atoms with Crippen molar-refractivity contribution in [1.29, 1.82) is 0 Å². The normalized spacial score (nSPS) is 43.9. The largest absolute Gasteiger partial charge is 0.310 e. The van der Waals surface area contributed by atoms with Crippen LogP contribution in [0.25, 0.3) is 0 Å². The average Bonchev–Trinajstić information content (AvgIpc) is 3.02. The molecular formula is C19H31N. The maximum Gasteiger partial charge on any atom is 0.0313 e. The molecule has 1 heteroatoms. The molecule has 0 aromatic carbocycles. The van der Waals surface area contributed by atoms with Gasteiger partial charge in [-0.2, -0.15) is 0 Å².